The molecule has 4 unspecified atom stereocenters. The third kappa shape index (κ3) is 4.83. The summed E-state index contributed by atoms with van der Waals surface area (Å²) >= 11 is -2.46. The number of hydrogen-bond acceptors (Lipinski definition) is 3. The van der Waals surface area contributed by atoms with Crippen molar-refractivity contribution in [2.75, 3.05) is 0 Å². The number of ether oxygens (including phenoxy) is 1. The van der Waals surface area contributed by atoms with Crippen LogP contribution in [-0.2, 0) is 15.5 Å². The van der Waals surface area contributed by atoms with Crippen molar-refractivity contribution in [3.63, 3.8) is 0 Å². The monoisotopic (exact) mass is 350 g/mol. The predicted octanol–water partition coefficient (Wildman–Crippen LogP) is 4.54. The number of hydrogen-bond donors (Lipinski definition) is 1. The minimum atomic E-state index is -2.46. The Morgan fingerprint density at radius 1 is 1.38 bits per heavy atom. The highest BCUT2D eigenvalue weighted by Gasteiger charge is 2.36. The summed E-state index contributed by atoms with van der Waals surface area (Å²) in [4.78, 5) is 0. The molecule has 1 aliphatic rings. The molecule has 5 heteroatoms. The first-order valence-corrected chi connectivity index (χ1v) is 9.51. The molecule has 132 valence electrons. The highest BCUT2D eigenvalue weighted by atomic mass is 32.2. The molecule has 0 aliphatic heterocycles. The van der Waals surface area contributed by atoms with Crippen molar-refractivity contribution < 1.29 is 17.7 Å². The summed E-state index contributed by atoms with van der Waals surface area (Å²) < 4.78 is 31.6. The maximum Gasteiger partial charge on any atom is 0.306 e. The second-order valence-electron chi connectivity index (χ2n) is 6.64. The van der Waals surface area contributed by atoms with Crippen LogP contribution in [0.5, 0.6) is 5.75 Å². The zero-order valence-electron chi connectivity index (χ0n) is 14.6. The molecule has 24 heavy (non-hydrogen) atoms. The molecule has 2 rings (SSSR count). The maximum absolute atomic E-state index is 11.3. The Balaban J connectivity index is 2.32. The molecule has 1 aromatic carbocycles. The zero-order valence-corrected chi connectivity index (χ0v) is 15.4. The van der Waals surface area contributed by atoms with Crippen molar-refractivity contribution in [2.45, 2.75) is 58.7 Å². The van der Waals surface area contributed by atoms with Gasteiger partial charge in [0.15, 0.2) is 0 Å². The van der Waals surface area contributed by atoms with Crippen LogP contribution in [0, 0.1) is 23.2 Å². The lowest BCUT2D eigenvalue weighted by Crippen LogP contribution is -2.38. The molecule has 1 fully saturated rings. The largest absolute Gasteiger partial charge is 0.450 e. The van der Waals surface area contributed by atoms with Gasteiger partial charge in [0.1, 0.15) is 5.75 Å². The Morgan fingerprint density at radius 3 is 2.67 bits per heavy atom. The van der Waals surface area contributed by atoms with Crippen LogP contribution in [0.3, 0.4) is 0 Å². The van der Waals surface area contributed by atoms with Crippen molar-refractivity contribution >= 4 is 11.4 Å². The molecule has 0 aromatic heterocycles. The van der Waals surface area contributed by atoms with Crippen molar-refractivity contribution in [3.8, 4) is 17.6 Å². The molecule has 0 heterocycles. The molecule has 4 atom stereocenters. The van der Waals surface area contributed by atoms with E-state index in [0.717, 1.165) is 19.3 Å². The second-order valence-corrected chi connectivity index (χ2v) is 7.24. The van der Waals surface area contributed by atoms with E-state index in [1.54, 1.807) is 12.1 Å². The van der Waals surface area contributed by atoms with Gasteiger partial charge >= 0.3 is 11.4 Å². The first kappa shape index (κ1) is 19.0. The van der Waals surface area contributed by atoms with Crippen molar-refractivity contribution in [2.24, 2.45) is 11.3 Å². The van der Waals surface area contributed by atoms with Crippen LogP contribution in [0.25, 0.3) is 0 Å². The molecular weight excluding hydrogens is 324 g/mol. The number of rotatable bonds is 5. The van der Waals surface area contributed by atoms with E-state index < -0.39 is 17.1 Å². The lowest BCUT2D eigenvalue weighted by molar-refractivity contribution is -0.0605. The topological polar surface area (TPSA) is 55.8 Å². The van der Waals surface area contributed by atoms with Gasteiger partial charge in [-0.1, -0.05) is 50.8 Å². The van der Waals surface area contributed by atoms with Crippen LogP contribution in [0.4, 0.5) is 0 Å². The molecule has 0 saturated heterocycles. The standard InChI is InChI=1S/C19H26O4S/c1-4-19(23-24(20)21,22-17-11-6-5-7-12-17)15-14-18(3)13-9-8-10-16(18)2/h5-7,11-12,16H,4,8-10,13H2,1-3H3,(H,20,21). The fourth-order valence-corrected chi connectivity index (χ4v) is 3.43. The summed E-state index contributed by atoms with van der Waals surface area (Å²) in [6.07, 6.45) is 4.90. The number of para-hydroxylation sites is 1. The highest BCUT2D eigenvalue weighted by Crippen LogP contribution is 2.40. The van der Waals surface area contributed by atoms with Gasteiger partial charge in [-0.05, 0) is 43.7 Å². The van der Waals surface area contributed by atoms with Gasteiger partial charge in [-0.2, -0.15) is 4.21 Å². The Morgan fingerprint density at radius 2 is 2.08 bits per heavy atom. The summed E-state index contributed by atoms with van der Waals surface area (Å²) in [5.74, 6) is 5.98. The van der Waals surface area contributed by atoms with Crippen molar-refractivity contribution in [1.82, 2.24) is 0 Å². The predicted molar refractivity (Wildman–Crippen MR) is 95.5 cm³/mol. The third-order valence-corrected chi connectivity index (χ3v) is 5.32. The van der Waals surface area contributed by atoms with Gasteiger partial charge in [0.05, 0.1) is 0 Å². The first-order valence-electron chi connectivity index (χ1n) is 8.48. The summed E-state index contributed by atoms with van der Waals surface area (Å²) in [5, 5.41) is 0. The van der Waals surface area contributed by atoms with Gasteiger partial charge in [-0.3, -0.25) is 4.55 Å². The quantitative estimate of drug-likeness (QED) is 0.481. The van der Waals surface area contributed by atoms with Crippen LogP contribution >= 0.6 is 0 Å². The highest BCUT2D eigenvalue weighted by molar-refractivity contribution is 7.74. The van der Waals surface area contributed by atoms with Crippen LogP contribution in [0.2, 0.25) is 0 Å². The third-order valence-electron chi connectivity index (χ3n) is 4.91. The van der Waals surface area contributed by atoms with E-state index in [-0.39, 0.29) is 5.41 Å². The Labute approximate surface area is 147 Å². The van der Waals surface area contributed by atoms with E-state index in [4.69, 9.17) is 8.92 Å². The van der Waals surface area contributed by atoms with Crippen LogP contribution in [0.1, 0.15) is 52.9 Å². The van der Waals surface area contributed by atoms with Crippen molar-refractivity contribution in [1.29, 1.82) is 0 Å². The Bertz CT molecular complexity index is 621. The van der Waals surface area contributed by atoms with E-state index in [1.807, 2.05) is 25.1 Å². The van der Waals surface area contributed by atoms with Gasteiger partial charge in [0.25, 0.3) is 5.79 Å². The Hall–Kier alpha value is -1.35. The molecule has 1 aromatic rings. The van der Waals surface area contributed by atoms with Gasteiger partial charge in [0, 0.05) is 11.8 Å². The summed E-state index contributed by atoms with van der Waals surface area (Å²) in [6, 6.07) is 9.11. The number of benzene rings is 1. The minimum Gasteiger partial charge on any atom is -0.450 e. The lowest BCUT2D eigenvalue weighted by atomic mass is 9.69. The molecular formula is C19H26O4S. The molecule has 1 N–H and O–H groups in total. The Kier molecular flexibility index (Phi) is 6.45. The van der Waals surface area contributed by atoms with E-state index >= 15 is 0 Å². The van der Waals surface area contributed by atoms with E-state index in [1.165, 1.54) is 6.42 Å². The molecule has 0 spiro atoms. The molecule has 4 nitrogen and oxygen atoms in total. The van der Waals surface area contributed by atoms with Gasteiger partial charge in [0.2, 0.25) is 0 Å². The smallest absolute Gasteiger partial charge is 0.306 e. The van der Waals surface area contributed by atoms with Gasteiger partial charge < -0.3 is 4.74 Å². The average Bonchev–Trinajstić information content (AvgIpc) is 2.56. The van der Waals surface area contributed by atoms with E-state index in [0.29, 0.717) is 18.1 Å². The summed E-state index contributed by atoms with van der Waals surface area (Å²) in [7, 11) is 0. The second kappa shape index (κ2) is 8.15. The minimum absolute atomic E-state index is 0.126. The van der Waals surface area contributed by atoms with Crippen LogP contribution in [-0.4, -0.2) is 14.5 Å². The normalized spacial score (nSPS) is 27.4. The fourth-order valence-electron chi connectivity index (χ4n) is 3.01. The van der Waals surface area contributed by atoms with Crippen molar-refractivity contribution in [3.05, 3.63) is 30.3 Å². The molecule has 1 saturated carbocycles. The van der Waals surface area contributed by atoms with E-state index in [2.05, 4.69) is 25.7 Å². The summed E-state index contributed by atoms with van der Waals surface area (Å²) in [6.45, 7) is 6.20. The summed E-state index contributed by atoms with van der Waals surface area (Å²) in [5.41, 5.74) is -0.126. The van der Waals surface area contributed by atoms with Crippen LogP contribution in [0.15, 0.2) is 30.3 Å². The lowest BCUT2D eigenvalue weighted by Gasteiger charge is -2.36. The molecule has 0 radical (unpaired) electrons. The SMILES string of the molecule is CCC(C#CC1(C)CCCCC1C)(Oc1ccccc1)OS(=O)O. The van der Waals surface area contributed by atoms with Gasteiger partial charge in [-0.25, -0.2) is 4.18 Å². The van der Waals surface area contributed by atoms with Gasteiger partial charge in [-0.15, -0.1) is 0 Å². The maximum atomic E-state index is 11.3. The zero-order chi connectivity index (χ0) is 17.6. The molecule has 0 amide bonds. The van der Waals surface area contributed by atoms with E-state index in [9.17, 15) is 8.76 Å². The molecule has 1 aliphatic carbocycles. The van der Waals surface area contributed by atoms with Crippen LogP contribution < -0.4 is 4.74 Å². The fraction of sp³-hybridized carbons (Fsp3) is 0.579. The first-order chi connectivity index (χ1) is 11.4. The average molecular weight is 350 g/mol. The molecule has 0 bridgehead atoms.